The largest absolute Gasteiger partial charge is 0.364 e. The molecule has 0 saturated heterocycles. The maximum Gasteiger partial charge on any atom is 0.273 e. The second kappa shape index (κ2) is 2.59. The predicted molar refractivity (Wildman–Crippen MR) is 37.9 cm³/mol. The van der Waals surface area contributed by atoms with Crippen molar-refractivity contribution in [2.24, 2.45) is 0 Å². The van der Waals surface area contributed by atoms with Crippen molar-refractivity contribution in [2.75, 3.05) is 12.4 Å². The summed E-state index contributed by atoms with van der Waals surface area (Å²) in [5, 5.41) is 5.14. The van der Waals surface area contributed by atoms with Gasteiger partial charge in [0.25, 0.3) is 5.56 Å². The number of aromatic nitrogens is 1. The molecular weight excluding hydrogens is 136 g/mol. The van der Waals surface area contributed by atoms with Crippen LogP contribution in [0.15, 0.2) is 16.2 Å². The maximum absolute atomic E-state index is 10.5. The molecular formula is C5H6N2OS. The zero-order valence-corrected chi connectivity index (χ0v) is 5.73. The summed E-state index contributed by atoms with van der Waals surface area (Å²) in [6, 6.07) is 1.44. The van der Waals surface area contributed by atoms with Crippen LogP contribution in [0.2, 0.25) is 0 Å². The third-order valence-corrected chi connectivity index (χ3v) is 1.61. The SMILES string of the molecule is CNc1nc(=O)ccs1. The van der Waals surface area contributed by atoms with Crippen molar-refractivity contribution in [3.05, 3.63) is 21.8 Å². The quantitative estimate of drug-likeness (QED) is 0.622. The molecule has 0 bridgehead atoms. The molecule has 3 nitrogen and oxygen atoms in total. The summed E-state index contributed by atoms with van der Waals surface area (Å²) < 4.78 is 0. The van der Waals surface area contributed by atoms with Crippen molar-refractivity contribution in [1.29, 1.82) is 0 Å². The van der Waals surface area contributed by atoms with Gasteiger partial charge in [-0.15, -0.1) is 11.3 Å². The molecule has 0 fully saturated rings. The van der Waals surface area contributed by atoms with Gasteiger partial charge in [0.1, 0.15) is 0 Å². The predicted octanol–water partition coefficient (Wildman–Crippen LogP) is 0.545. The lowest BCUT2D eigenvalue weighted by Gasteiger charge is -1.90. The van der Waals surface area contributed by atoms with Gasteiger partial charge in [-0.25, -0.2) is 0 Å². The molecule has 1 heterocycles. The van der Waals surface area contributed by atoms with Gasteiger partial charge in [-0.2, -0.15) is 4.98 Å². The van der Waals surface area contributed by atoms with Gasteiger partial charge in [-0.3, -0.25) is 4.79 Å². The number of anilines is 1. The second-order valence-electron chi connectivity index (χ2n) is 1.43. The van der Waals surface area contributed by atoms with Crippen molar-refractivity contribution in [3.63, 3.8) is 0 Å². The van der Waals surface area contributed by atoms with Crippen LogP contribution in [0.3, 0.4) is 0 Å². The van der Waals surface area contributed by atoms with Crippen LogP contribution in [0.1, 0.15) is 0 Å². The Morgan fingerprint density at radius 3 is 3.00 bits per heavy atom. The molecule has 48 valence electrons. The van der Waals surface area contributed by atoms with Crippen LogP contribution < -0.4 is 10.9 Å². The Balaban J connectivity index is 3.08. The Kier molecular flexibility index (Phi) is 1.79. The fourth-order valence-electron chi connectivity index (χ4n) is 0.435. The van der Waals surface area contributed by atoms with E-state index in [1.54, 1.807) is 12.4 Å². The van der Waals surface area contributed by atoms with E-state index < -0.39 is 0 Å². The second-order valence-corrected chi connectivity index (χ2v) is 2.32. The molecule has 0 saturated carbocycles. The van der Waals surface area contributed by atoms with Gasteiger partial charge in [0.2, 0.25) is 0 Å². The lowest BCUT2D eigenvalue weighted by atomic mass is 10.7. The maximum atomic E-state index is 10.5. The van der Waals surface area contributed by atoms with Crippen molar-refractivity contribution in [2.45, 2.75) is 0 Å². The summed E-state index contributed by atoms with van der Waals surface area (Å²) in [4.78, 5) is 14.1. The third kappa shape index (κ3) is 1.50. The van der Waals surface area contributed by atoms with Gasteiger partial charge >= 0.3 is 0 Å². The molecule has 1 rings (SSSR count). The molecule has 4 heteroatoms. The molecule has 1 aromatic rings. The highest BCUT2D eigenvalue weighted by molar-refractivity contribution is 7.13. The van der Waals surface area contributed by atoms with Gasteiger partial charge < -0.3 is 5.32 Å². The number of hydrogen-bond donors (Lipinski definition) is 1. The molecule has 0 aromatic carbocycles. The van der Waals surface area contributed by atoms with Crippen molar-refractivity contribution in [1.82, 2.24) is 4.98 Å². The minimum Gasteiger partial charge on any atom is -0.364 e. The van der Waals surface area contributed by atoms with Crippen LogP contribution in [-0.2, 0) is 0 Å². The molecule has 0 aliphatic carbocycles. The van der Waals surface area contributed by atoms with E-state index in [-0.39, 0.29) is 5.56 Å². The van der Waals surface area contributed by atoms with Crippen LogP contribution in [0.4, 0.5) is 5.13 Å². The molecule has 0 aliphatic heterocycles. The number of rotatable bonds is 1. The Morgan fingerprint density at radius 2 is 2.56 bits per heavy atom. The highest BCUT2D eigenvalue weighted by Gasteiger charge is 1.87. The first-order valence-corrected chi connectivity index (χ1v) is 3.34. The molecule has 1 aromatic heterocycles. The first kappa shape index (κ1) is 6.22. The monoisotopic (exact) mass is 142 g/mol. The Bertz CT molecular complexity index is 245. The molecule has 0 spiro atoms. The molecule has 9 heavy (non-hydrogen) atoms. The first-order chi connectivity index (χ1) is 4.33. The lowest BCUT2D eigenvalue weighted by Crippen LogP contribution is -2.03. The van der Waals surface area contributed by atoms with Crippen LogP contribution >= 0.6 is 11.3 Å². The average Bonchev–Trinajstić information content (AvgIpc) is 1.88. The van der Waals surface area contributed by atoms with E-state index in [2.05, 4.69) is 10.3 Å². The number of nitrogens with zero attached hydrogens (tertiary/aromatic N) is 1. The van der Waals surface area contributed by atoms with Crippen molar-refractivity contribution >= 4 is 16.5 Å². The molecule has 0 radical (unpaired) electrons. The third-order valence-electron chi connectivity index (χ3n) is 0.816. The minimum atomic E-state index is -0.196. The van der Waals surface area contributed by atoms with Crippen LogP contribution in [0.25, 0.3) is 0 Å². The van der Waals surface area contributed by atoms with Gasteiger partial charge in [0.05, 0.1) is 0 Å². The highest BCUT2D eigenvalue weighted by atomic mass is 32.1. The fraction of sp³-hybridized carbons (Fsp3) is 0.200. The van der Waals surface area contributed by atoms with Crippen molar-refractivity contribution in [3.8, 4) is 0 Å². The molecule has 0 atom stereocenters. The number of nitrogens with one attached hydrogen (secondary N) is 1. The van der Waals surface area contributed by atoms with Gasteiger partial charge in [0, 0.05) is 13.1 Å². The van der Waals surface area contributed by atoms with Crippen LogP contribution in [-0.4, -0.2) is 12.0 Å². The van der Waals surface area contributed by atoms with E-state index in [0.717, 1.165) is 0 Å². The summed E-state index contributed by atoms with van der Waals surface area (Å²) in [6.07, 6.45) is 0. The topological polar surface area (TPSA) is 42.0 Å². The Hall–Kier alpha value is -0.900. The van der Waals surface area contributed by atoms with E-state index in [1.165, 1.54) is 17.4 Å². The smallest absolute Gasteiger partial charge is 0.273 e. The van der Waals surface area contributed by atoms with Crippen LogP contribution in [0, 0.1) is 0 Å². The Labute approximate surface area is 56.4 Å². The summed E-state index contributed by atoms with van der Waals surface area (Å²) in [6.45, 7) is 0. The summed E-state index contributed by atoms with van der Waals surface area (Å²) in [7, 11) is 1.73. The highest BCUT2D eigenvalue weighted by Crippen LogP contribution is 2.03. The molecule has 1 N–H and O–H groups in total. The Morgan fingerprint density at radius 1 is 1.78 bits per heavy atom. The van der Waals surface area contributed by atoms with Crippen LogP contribution in [0.5, 0.6) is 0 Å². The van der Waals surface area contributed by atoms with Gasteiger partial charge in [0.15, 0.2) is 5.13 Å². The van der Waals surface area contributed by atoms with E-state index in [1.807, 2.05) is 0 Å². The summed E-state index contributed by atoms with van der Waals surface area (Å²) >= 11 is 1.40. The van der Waals surface area contributed by atoms with E-state index in [0.29, 0.717) is 5.13 Å². The fourth-order valence-corrected chi connectivity index (χ4v) is 1.01. The molecule has 0 aliphatic rings. The first-order valence-electron chi connectivity index (χ1n) is 2.46. The van der Waals surface area contributed by atoms with Gasteiger partial charge in [-0.1, -0.05) is 0 Å². The van der Waals surface area contributed by atoms with Gasteiger partial charge in [-0.05, 0) is 5.38 Å². The summed E-state index contributed by atoms with van der Waals surface area (Å²) in [5.74, 6) is 0. The molecule has 0 unspecified atom stereocenters. The number of hydrogen-bond acceptors (Lipinski definition) is 4. The van der Waals surface area contributed by atoms with Crippen molar-refractivity contribution < 1.29 is 0 Å². The zero-order chi connectivity index (χ0) is 6.69. The van der Waals surface area contributed by atoms with E-state index in [9.17, 15) is 4.79 Å². The standard InChI is InChI=1S/C5H6N2OS/c1-6-5-7-4(8)2-3-9-5/h2-3H,1H3,(H,6,7,8). The lowest BCUT2D eigenvalue weighted by molar-refractivity contribution is 1.26. The van der Waals surface area contributed by atoms with E-state index in [4.69, 9.17) is 0 Å². The minimum absolute atomic E-state index is 0.196. The summed E-state index contributed by atoms with van der Waals surface area (Å²) in [5.41, 5.74) is -0.196. The van der Waals surface area contributed by atoms with E-state index >= 15 is 0 Å². The normalized spacial score (nSPS) is 9.00. The average molecular weight is 142 g/mol. The zero-order valence-electron chi connectivity index (χ0n) is 4.92. The molecule has 0 amide bonds.